The van der Waals surface area contributed by atoms with Gasteiger partial charge < -0.3 is 10.2 Å². The normalized spacial score (nSPS) is 16.5. The van der Waals surface area contributed by atoms with E-state index in [2.05, 4.69) is 38.2 Å². The Balaban J connectivity index is 1.37. The van der Waals surface area contributed by atoms with E-state index in [4.69, 9.17) is 5.10 Å². The summed E-state index contributed by atoms with van der Waals surface area (Å²) in [7, 11) is 0. The third-order valence-corrected chi connectivity index (χ3v) is 7.19. The van der Waals surface area contributed by atoms with Crippen LogP contribution in [0.25, 0.3) is 5.69 Å². The van der Waals surface area contributed by atoms with Gasteiger partial charge in [-0.3, -0.25) is 9.59 Å². The molecule has 1 N–H and O–H groups in total. The summed E-state index contributed by atoms with van der Waals surface area (Å²) in [6.45, 7) is 8.68. The van der Waals surface area contributed by atoms with Crippen molar-refractivity contribution >= 4 is 17.6 Å². The topological polar surface area (TPSA) is 67.2 Å². The Bertz CT molecular complexity index is 1450. The van der Waals surface area contributed by atoms with Gasteiger partial charge >= 0.3 is 0 Å². The number of aryl methyl sites for hydroxylation is 1. The number of carbonyl (C=O) groups excluding carboxylic acids is 2. The molecule has 0 saturated heterocycles. The molecule has 1 aliphatic rings. The van der Waals surface area contributed by atoms with E-state index in [1.54, 1.807) is 9.58 Å². The van der Waals surface area contributed by atoms with E-state index in [1.165, 1.54) is 5.56 Å². The highest BCUT2D eigenvalue weighted by Gasteiger charge is 2.46. The van der Waals surface area contributed by atoms with Crippen LogP contribution in [0.15, 0.2) is 91.0 Å². The summed E-state index contributed by atoms with van der Waals surface area (Å²) >= 11 is 0. The molecule has 0 bridgehead atoms. The first-order valence-electron chi connectivity index (χ1n) is 13.5. The van der Waals surface area contributed by atoms with E-state index in [9.17, 15) is 9.59 Å². The van der Waals surface area contributed by atoms with Crippen LogP contribution in [0.4, 0.5) is 5.82 Å². The van der Waals surface area contributed by atoms with Crippen molar-refractivity contribution in [3.63, 3.8) is 0 Å². The van der Waals surface area contributed by atoms with E-state index in [-0.39, 0.29) is 35.6 Å². The molecule has 2 amide bonds. The van der Waals surface area contributed by atoms with Gasteiger partial charge in [-0.25, -0.2) is 4.68 Å². The van der Waals surface area contributed by atoms with Gasteiger partial charge in [-0.1, -0.05) is 93.6 Å². The Kier molecular flexibility index (Phi) is 7.38. The highest BCUT2D eigenvalue weighted by Crippen LogP contribution is 2.48. The van der Waals surface area contributed by atoms with Crippen LogP contribution in [0.3, 0.4) is 0 Å². The summed E-state index contributed by atoms with van der Waals surface area (Å²) in [6.07, 6.45) is 0.810. The second-order valence-electron chi connectivity index (χ2n) is 11.5. The fraction of sp³-hybridized carbons (Fsp3) is 0.303. The molecule has 200 valence electrons. The third kappa shape index (κ3) is 6.28. The van der Waals surface area contributed by atoms with Crippen molar-refractivity contribution in [2.75, 3.05) is 11.9 Å². The molecule has 1 fully saturated rings. The highest BCUT2D eigenvalue weighted by molar-refractivity contribution is 5.95. The van der Waals surface area contributed by atoms with Crippen LogP contribution in [0.1, 0.15) is 55.5 Å². The van der Waals surface area contributed by atoms with Gasteiger partial charge in [0, 0.05) is 23.9 Å². The van der Waals surface area contributed by atoms with Gasteiger partial charge in [-0.2, -0.15) is 5.10 Å². The molecule has 0 aliphatic heterocycles. The Morgan fingerprint density at radius 3 is 2.31 bits per heavy atom. The van der Waals surface area contributed by atoms with Gasteiger partial charge in [-0.15, -0.1) is 0 Å². The average Bonchev–Trinajstić information content (AvgIpc) is 3.60. The van der Waals surface area contributed by atoms with Crippen LogP contribution in [-0.2, 0) is 21.5 Å². The molecule has 3 aromatic carbocycles. The van der Waals surface area contributed by atoms with Crippen molar-refractivity contribution in [1.82, 2.24) is 14.7 Å². The molecule has 0 spiro atoms. The van der Waals surface area contributed by atoms with Gasteiger partial charge in [0.2, 0.25) is 11.8 Å². The van der Waals surface area contributed by atoms with E-state index in [0.29, 0.717) is 12.4 Å². The van der Waals surface area contributed by atoms with Crippen molar-refractivity contribution < 1.29 is 9.59 Å². The molecule has 0 radical (unpaired) electrons. The molecule has 2 atom stereocenters. The summed E-state index contributed by atoms with van der Waals surface area (Å²) < 4.78 is 1.78. The molecule has 5 rings (SSSR count). The number of benzene rings is 3. The van der Waals surface area contributed by atoms with Crippen molar-refractivity contribution in [3.8, 4) is 5.69 Å². The van der Waals surface area contributed by atoms with Gasteiger partial charge in [0.25, 0.3) is 0 Å². The van der Waals surface area contributed by atoms with Crippen LogP contribution < -0.4 is 5.32 Å². The lowest BCUT2D eigenvalue weighted by molar-refractivity contribution is -0.136. The van der Waals surface area contributed by atoms with Gasteiger partial charge in [0.15, 0.2) is 0 Å². The fourth-order valence-corrected chi connectivity index (χ4v) is 4.94. The predicted octanol–water partition coefficient (Wildman–Crippen LogP) is 6.25. The SMILES string of the molecule is Cc1cccc(-n2nc(C(C)(C)C)cc2NC(=O)CN(Cc2ccccc2)C(=O)C2CC2c2ccccc2)c1. The molecule has 1 aliphatic carbocycles. The number of amides is 2. The molecule has 1 heterocycles. The summed E-state index contributed by atoms with van der Waals surface area (Å²) in [5.41, 5.74) is 4.84. The molecule has 4 aromatic rings. The van der Waals surface area contributed by atoms with Crippen LogP contribution >= 0.6 is 0 Å². The number of hydrogen-bond donors (Lipinski definition) is 1. The lowest BCUT2D eigenvalue weighted by Gasteiger charge is -2.23. The summed E-state index contributed by atoms with van der Waals surface area (Å²) in [6, 6.07) is 29.9. The minimum absolute atomic E-state index is 0.0189. The Labute approximate surface area is 230 Å². The van der Waals surface area contributed by atoms with Crippen molar-refractivity contribution in [1.29, 1.82) is 0 Å². The molecule has 2 unspecified atom stereocenters. The number of nitrogens with zero attached hydrogens (tertiary/aromatic N) is 3. The maximum atomic E-state index is 13.7. The van der Waals surface area contributed by atoms with Crippen molar-refractivity contribution in [2.45, 2.75) is 52.0 Å². The summed E-state index contributed by atoms with van der Waals surface area (Å²) in [5.74, 6) is 0.471. The Hall–Kier alpha value is -4.19. The van der Waals surface area contributed by atoms with Crippen LogP contribution in [0.2, 0.25) is 0 Å². The van der Waals surface area contributed by atoms with E-state index in [1.807, 2.05) is 85.8 Å². The predicted molar refractivity (Wildman–Crippen MR) is 155 cm³/mol. The zero-order chi connectivity index (χ0) is 27.6. The van der Waals surface area contributed by atoms with Crippen molar-refractivity contribution in [2.24, 2.45) is 5.92 Å². The number of hydrogen-bond acceptors (Lipinski definition) is 3. The smallest absolute Gasteiger partial charge is 0.245 e. The number of nitrogens with one attached hydrogen (secondary N) is 1. The molecule has 39 heavy (non-hydrogen) atoms. The maximum Gasteiger partial charge on any atom is 0.245 e. The van der Waals surface area contributed by atoms with E-state index >= 15 is 0 Å². The first kappa shape index (κ1) is 26.4. The molecule has 1 saturated carbocycles. The number of rotatable bonds is 8. The lowest BCUT2D eigenvalue weighted by atomic mass is 9.92. The Morgan fingerprint density at radius 2 is 1.64 bits per heavy atom. The zero-order valence-corrected chi connectivity index (χ0v) is 23.1. The first-order chi connectivity index (χ1) is 18.7. The van der Waals surface area contributed by atoms with Crippen LogP contribution in [0.5, 0.6) is 0 Å². The maximum absolute atomic E-state index is 13.7. The minimum Gasteiger partial charge on any atom is -0.329 e. The minimum atomic E-state index is -0.245. The second kappa shape index (κ2) is 10.9. The quantitative estimate of drug-likeness (QED) is 0.299. The van der Waals surface area contributed by atoms with Crippen molar-refractivity contribution in [3.05, 3.63) is 113 Å². The van der Waals surface area contributed by atoms with E-state index in [0.717, 1.165) is 28.9 Å². The van der Waals surface area contributed by atoms with E-state index < -0.39 is 0 Å². The number of anilines is 1. The number of carbonyl (C=O) groups is 2. The molecular formula is C33H36N4O2. The van der Waals surface area contributed by atoms with Gasteiger partial charge in [0.1, 0.15) is 12.4 Å². The summed E-state index contributed by atoms with van der Waals surface area (Å²) in [4.78, 5) is 28.8. The second-order valence-corrected chi connectivity index (χ2v) is 11.5. The monoisotopic (exact) mass is 520 g/mol. The Morgan fingerprint density at radius 1 is 0.949 bits per heavy atom. The number of aromatic nitrogens is 2. The van der Waals surface area contributed by atoms with Gasteiger partial charge in [-0.05, 0) is 48.1 Å². The van der Waals surface area contributed by atoms with Crippen LogP contribution in [0, 0.1) is 12.8 Å². The largest absolute Gasteiger partial charge is 0.329 e. The molecule has 6 heteroatoms. The molecular weight excluding hydrogens is 484 g/mol. The standard InChI is InChI=1S/C33H36N4O2/c1-23-12-11-17-26(18-23)37-30(20-29(35-37)33(2,3)4)34-31(38)22-36(21-24-13-7-5-8-14-24)32(39)28-19-27(28)25-15-9-6-10-16-25/h5-18,20,27-28H,19,21-22H2,1-4H3,(H,34,38). The molecule has 1 aromatic heterocycles. The zero-order valence-electron chi connectivity index (χ0n) is 23.1. The average molecular weight is 521 g/mol. The highest BCUT2D eigenvalue weighted by atomic mass is 16.2. The molecule has 6 nitrogen and oxygen atoms in total. The fourth-order valence-electron chi connectivity index (χ4n) is 4.94. The van der Waals surface area contributed by atoms with Crippen LogP contribution in [-0.4, -0.2) is 33.0 Å². The third-order valence-electron chi connectivity index (χ3n) is 7.19. The lowest BCUT2D eigenvalue weighted by Crippen LogP contribution is -2.39. The first-order valence-corrected chi connectivity index (χ1v) is 13.5. The summed E-state index contributed by atoms with van der Waals surface area (Å²) in [5, 5.41) is 7.89. The van der Waals surface area contributed by atoms with Gasteiger partial charge in [0.05, 0.1) is 11.4 Å².